The molecule has 0 radical (unpaired) electrons. The average molecular weight is 720 g/mol. The minimum atomic E-state index is -4.08. The largest absolute Gasteiger partial charge is 0.458 e. The summed E-state index contributed by atoms with van der Waals surface area (Å²) < 4.78 is 43.8. The van der Waals surface area contributed by atoms with Crippen LogP contribution in [0.3, 0.4) is 0 Å². The second-order valence-corrected chi connectivity index (χ2v) is 16.7. The third-order valence-corrected chi connectivity index (χ3v) is 11.1. The van der Waals surface area contributed by atoms with E-state index in [1.807, 2.05) is 6.92 Å². The van der Waals surface area contributed by atoms with E-state index in [4.69, 9.17) is 14.2 Å². The van der Waals surface area contributed by atoms with Crippen LogP contribution in [0, 0.1) is 0 Å². The van der Waals surface area contributed by atoms with Crippen molar-refractivity contribution in [2.24, 2.45) is 0 Å². The molecule has 0 bridgehead atoms. The molecule has 0 spiro atoms. The summed E-state index contributed by atoms with van der Waals surface area (Å²) in [5.41, 5.74) is -0.215. The van der Waals surface area contributed by atoms with Gasteiger partial charge in [-0.15, -0.1) is 11.8 Å². The summed E-state index contributed by atoms with van der Waals surface area (Å²) >= 11 is 1.32. The smallest absolute Gasteiger partial charge is 0.415 e. The molecule has 3 heterocycles. The van der Waals surface area contributed by atoms with Crippen molar-refractivity contribution in [3.05, 3.63) is 54.4 Å². The summed E-state index contributed by atoms with van der Waals surface area (Å²) in [6.07, 6.45) is 2.49. The fraction of sp³-hybridized carbons (Fsp3) is 0.545. The molecular formula is C33H45N5O9S2. The lowest BCUT2D eigenvalue weighted by molar-refractivity contribution is -0.158. The number of carbonyl (C=O) groups is 4. The van der Waals surface area contributed by atoms with Crippen LogP contribution in [0.5, 0.6) is 5.75 Å². The fourth-order valence-corrected chi connectivity index (χ4v) is 8.42. The van der Waals surface area contributed by atoms with E-state index in [0.717, 1.165) is 10.7 Å². The maximum absolute atomic E-state index is 13.9. The van der Waals surface area contributed by atoms with E-state index < -0.39 is 56.5 Å². The van der Waals surface area contributed by atoms with Crippen molar-refractivity contribution < 1.29 is 41.8 Å². The Morgan fingerprint density at radius 1 is 1.02 bits per heavy atom. The highest BCUT2D eigenvalue weighted by atomic mass is 32.2. The van der Waals surface area contributed by atoms with E-state index in [2.05, 4.69) is 10.3 Å². The second-order valence-electron chi connectivity index (χ2n) is 13.3. The summed E-state index contributed by atoms with van der Waals surface area (Å²) in [5, 5.41) is 2.77. The van der Waals surface area contributed by atoms with Gasteiger partial charge in [-0.2, -0.15) is 4.31 Å². The van der Waals surface area contributed by atoms with Crippen LogP contribution in [0.25, 0.3) is 0 Å². The molecule has 2 atom stereocenters. The maximum Gasteiger partial charge on any atom is 0.415 e. The summed E-state index contributed by atoms with van der Waals surface area (Å²) in [5.74, 6) is -1.000. The number of nitrogens with zero attached hydrogens (tertiary/aromatic N) is 4. The Balaban J connectivity index is 1.44. The number of thioether (sulfide) groups is 1. The molecule has 1 N–H and O–H groups in total. The van der Waals surface area contributed by atoms with Crippen molar-refractivity contribution in [1.29, 1.82) is 0 Å². The molecule has 2 saturated heterocycles. The van der Waals surface area contributed by atoms with Gasteiger partial charge < -0.3 is 29.3 Å². The Hall–Kier alpha value is -3.89. The molecule has 1 aromatic heterocycles. The Labute approximate surface area is 291 Å². The molecule has 0 saturated carbocycles. The number of esters is 1. The van der Waals surface area contributed by atoms with Gasteiger partial charge in [0.15, 0.2) is 0 Å². The molecule has 2 aliphatic rings. The fourth-order valence-electron chi connectivity index (χ4n) is 5.28. The number of hydrogen-bond donors (Lipinski definition) is 1. The summed E-state index contributed by atoms with van der Waals surface area (Å²) in [6, 6.07) is 7.16. The number of sulfonamides is 1. The van der Waals surface area contributed by atoms with Crippen LogP contribution in [0.2, 0.25) is 0 Å². The number of carbonyl (C=O) groups excluding carboxylic acids is 4. The summed E-state index contributed by atoms with van der Waals surface area (Å²) in [6.45, 7) is 12.2. The van der Waals surface area contributed by atoms with E-state index in [0.29, 0.717) is 38.3 Å². The summed E-state index contributed by atoms with van der Waals surface area (Å²) in [4.78, 5) is 59.1. The topological polar surface area (TPSA) is 165 Å². The molecular weight excluding hydrogens is 675 g/mol. The highest BCUT2D eigenvalue weighted by Gasteiger charge is 2.51. The predicted molar refractivity (Wildman–Crippen MR) is 182 cm³/mol. The van der Waals surface area contributed by atoms with Crippen LogP contribution in [0.1, 0.15) is 53.5 Å². The van der Waals surface area contributed by atoms with Gasteiger partial charge in [0, 0.05) is 49.7 Å². The van der Waals surface area contributed by atoms with Gasteiger partial charge in [0.2, 0.25) is 15.9 Å². The number of nitrogens with one attached hydrogen (secondary N) is 1. The van der Waals surface area contributed by atoms with Gasteiger partial charge in [0.05, 0.1) is 12.5 Å². The number of amides is 3. The molecule has 2 fully saturated rings. The Morgan fingerprint density at radius 3 is 2.22 bits per heavy atom. The Morgan fingerprint density at radius 2 is 1.65 bits per heavy atom. The van der Waals surface area contributed by atoms with E-state index >= 15 is 0 Å². The van der Waals surface area contributed by atoms with Crippen molar-refractivity contribution in [1.82, 2.24) is 24.4 Å². The highest BCUT2D eigenvalue weighted by molar-refractivity contribution is 8.02. The zero-order valence-corrected chi connectivity index (χ0v) is 30.3. The van der Waals surface area contributed by atoms with Crippen LogP contribution in [-0.2, 0) is 35.5 Å². The van der Waals surface area contributed by atoms with Gasteiger partial charge in [-0.25, -0.2) is 22.8 Å². The third-order valence-electron chi connectivity index (χ3n) is 7.80. The van der Waals surface area contributed by atoms with Crippen LogP contribution in [0.15, 0.2) is 53.7 Å². The van der Waals surface area contributed by atoms with Gasteiger partial charge in [0.25, 0.3) is 0 Å². The first kappa shape index (κ1) is 37.9. The Bertz CT molecular complexity index is 1590. The van der Waals surface area contributed by atoms with Crippen molar-refractivity contribution in [3.63, 3.8) is 0 Å². The minimum Gasteiger partial charge on any atom is -0.458 e. The lowest BCUT2D eigenvalue weighted by atomic mass is 10.0. The average Bonchev–Trinajstić information content (AvgIpc) is 3.39. The molecule has 0 unspecified atom stereocenters. The first-order chi connectivity index (χ1) is 23.0. The van der Waals surface area contributed by atoms with Crippen LogP contribution >= 0.6 is 11.8 Å². The molecule has 16 heteroatoms. The zero-order chi connectivity index (χ0) is 36.0. The van der Waals surface area contributed by atoms with Crippen LogP contribution in [0.4, 0.5) is 9.59 Å². The van der Waals surface area contributed by atoms with Gasteiger partial charge in [-0.3, -0.25) is 9.78 Å². The van der Waals surface area contributed by atoms with E-state index in [9.17, 15) is 27.6 Å². The van der Waals surface area contributed by atoms with Crippen molar-refractivity contribution >= 4 is 45.8 Å². The van der Waals surface area contributed by atoms with E-state index in [1.165, 1.54) is 41.2 Å². The monoisotopic (exact) mass is 719 g/mol. The lowest BCUT2D eigenvalue weighted by Gasteiger charge is -2.33. The van der Waals surface area contributed by atoms with Gasteiger partial charge in [-0.05, 0) is 70.9 Å². The SMILES string of the molecule is CCCOC(=O)N1CCN(C(=O)Oc2ccc(C[C@H](NC(=O)[C@H]3N(S(=O)(=O)c4cccnc4)CSC3(C)C)C(=O)OC(C)(C)C)cc2)CC1. The molecule has 3 amide bonds. The predicted octanol–water partition coefficient (Wildman–Crippen LogP) is 3.66. The van der Waals surface area contributed by atoms with Crippen molar-refractivity contribution in [3.8, 4) is 5.75 Å². The quantitative estimate of drug-likeness (QED) is 0.357. The van der Waals surface area contributed by atoms with Crippen molar-refractivity contribution in [2.45, 2.75) is 81.7 Å². The van der Waals surface area contributed by atoms with Crippen molar-refractivity contribution in [2.75, 3.05) is 38.7 Å². The lowest BCUT2D eigenvalue weighted by Crippen LogP contribution is -2.57. The Kier molecular flexibility index (Phi) is 12.2. The van der Waals surface area contributed by atoms with E-state index in [1.54, 1.807) is 63.8 Å². The molecule has 268 valence electrons. The number of benzene rings is 1. The van der Waals surface area contributed by atoms with Gasteiger partial charge in [-0.1, -0.05) is 19.1 Å². The molecule has 2 aromatic rings. The number of ether oxygens (including phenoxy) is 3. The molecule has 4 rings (SSSR count). The third kappa shape index (κ3) is 9.85. The van der Waals surface area contributed by atoms with E-state index in [-0.39, 0.29) is 22.9 Å². The number of aromatic nitrogens is 1. The van der Waals surface area contributed by atoms with Gasteiger partial charge >= 0.3 is 18.2 Å². The van der Waals surface area contributed by atoms with Crippen LogP contribution < -0.4 is 10.1 Å². The molecule has 2 aliphatic heterocycles. The summed E-state index contributed by atoms with van der Waals surface area (Å²) in [7, 11) is -4.08. The van der Waals surface area contributed by atoms with Crippen LogP contribution in [-0.4, -0.2) is 113 Å². The number of rotatable bonds is 10. The van der Waals surface area contributed by atoms with Gasteiger partial charge in [0.1, 0.15) is 28.3 Å². The number of hydrogen-bond acceptors (Lipinski definition) is 11. The zero-order valence-electron chi connectivity index (χ0n) is 28.7. The standard InChI is InChI=1S/C33H45N5O9S2/c1-7-19-45-30(41)36-15-17-37(18-16-36)31(42)46-24-12-10-23(11-13-24)20-26(29(40)47-32(2,3)4)35-28(39)27-33(5,6)48-22-38(27)49(43,44)25-9-8-14-34-21-25/h8-14,21,26-27H,7,15-20,22H2,1-6H3,(H,35,39)/t26-,27+/m0/s1. The first-order valence-electron chi connectivity index (χ1n) is 16.1. The molecule has 14 nitrogen and oxygen atoms in total. The second kappa shape index (κ2) is 15.8. The number of pyridine rings is 1. The molecule has 0 aliphatic carbocycles. The number of piperazine rings is 1. The minimum absolute atomic E-state index is 0.0284. The maximum atomic E-state index is 13.9. The first-order valence-corrected chi connectivity index (χ1v) is 18.5. The molecule has 49 heavy (non-hydrogen) atoms. The molecule has 1 aromatic carbocycles. The highest BCUT2D eigenvalue weighted by Crippen LogP contribution is 2.42. The normalized spacial score (nSPS) is 18.8.